The van der Waals surface area contributed by atoms with Crippen molar-refractivity contribution in [3.63, 3.8) is 0 Å². The van der Waals surface area contributed by atoms with Gasteiger partial charge in [-0.05, 0) is 18.2 Å². The van der Waals surface area contributed by atoms with E-state index in [4.69, 9.17) is 10.2 Å². The second kappa shape index (κ2) is 4.19. The van der Waals surface area contributed by atoms with E-state index in [9.17, 15) is 4.79 Å². The van der Waals surface area contributed by atoms with Gasteiger partial charge in [0.05, 0.1) is 0 Å². The Morgan fingerprint density at radius 2 is 2.22 bits per heavy atom. The number of anilines is 1. The van der Waals surface area contributed by atoms with Gasteiger partial charge in [-0.1, -0.05) is 0 Å². The van der Waals surface area contributed by atoms with Crippen molar-refractivity contribution in [1.82, 2.24) is 15.0 Å². The fourth-order valence-electron chi connectivity index (χ4n) is 1.45. The highest BCUT2D eigenvalue weighted by Crippen LogP contribution is 2.27. The topological polar surface area (TPSA) is 97.8 Å². The van der Waals surface area contributed by atoms with E-state index in [-0.39, 0.29) is 5.56 Å². The van der Waals surface area contributed by atoms with Gasteiger partial charge in [-0.3, -0.25) is 4.79 Å². The number of hydrogen-bond acceptors (Lipinski definition) is 6. The summed E-state index contributed by atoms with van der Waals surface area (Å²) in [4.78, 5) is 22.0. The summed E-state index contributed by atoms with van der Waals surface area (Å²) < 4.78 is 5.50. The second-order valence-corrected chi connectivity index (χ2v) is 4.49. The summed E-state index contributed by atoms with van der Waals surface area (Å²) in [6, 6.07) is 6.56. The summed E-state index contributed by atoms with van der Waals surface area (Å²) in [5, 5.41) is 0.840. The summed E-state index contributed by atoms with van der Waals surface area (Å²) >= 11 is 1.15. The van der Waals surface area contributed by atoms with E-state index in [1.165, 1.54) is 12.3 Å². The molecular formula is C11H8N4O2S. The van der Waals surface area contributed by atoms with Crippen molar-refractivity contribution in [2.24, 2.45) is 0 Å². The first-order chi connectivity index (χ1) is 8.70. The minimum absolute atomic E-state index is 0.215. The van der Waals surface area contributed by atoms with E-state index >= 15 is 0 Å². The third-order valence-electron chi connectivity index (χ3n) is 2.22. The molecule has 1 aromatic carbocycles. The van der Waals surface area contributed by atoms with Crippen LogP contribution < -0.4 is 11.3 Å². The molecule has 90 valence electrons. The number of hydrogen-bond donors (Lipinski definition) is 2. The largest absolute Gasteiger partial charge is 0.431 e. The molecule has 0 spiro atoms. The maximum atomic E-state index is 11.1. The zero-order valence-corrected chi connectivity index (χ0v) is 9.90. The normalized spacial score (nSPS) is 10.9. The van der Waals surface area contributed by atoms with Gasteiger partial charge in [0, 0.05) is 29.7 Å². The number of nitrogens with zero attached hydrogens (tertiary/aromatic N) is 2. The van der Waals surface area contributed by atoms with Crippen molar-refractivity contribution in [2.75, 3.05) is 5.73 Å². The summed E-state index contributed by atoms with van der Waals surface area (Å²) in [6.45, 7) is 0. The number of aromatic nitrogens is 3. The van der Waals surface area contributed by atoms with Gasteiger partial charge in [-0.15, -0.1) is 0 Å². The molecule has 0 saturated carbocycles. The fourth-order valence-corrected chi connectivity index (χ4v) is 2.16. The number of oxazole rings is 1. The molecule has 3 N–H and O–H groups in total. The summed E-state index contributed by atoms with van der Waals surface area (Å²) in [5.41, 5.74) is 7.39. The molecule has 0 atom stereocenters. The van der Waals surface area contributed by atoms with Crippen LogP contribution in [-0.4, -0.2) is 15.0 Å². The summed E-state index contributed by atoms with van der Waals surface area (Å²) in [7, 11) is 0. The van der Waals surface area contributed by atoms with Crippen LogP contribution >= 0.6 is 11.8 Å². The Bertz CT molecular complexity index is 765. The van der Waals surface area contributed by atoms with Crippen LogP contribution in [0.1, 0.15) is 0 Å². The monoisotopic (exact) mass is 260 g/mol. The van der Waals surface area contributed by atoms with Gasteiger partial charge in [0.1, 0.15) is 5.52 Å². The molecule has 0 unspecified atom stereocenters. The molecule has 0 saturated heterocycles. The highest BCUT2D eigenvalue weighted by atomic mass is 32.2. The van der Waals surface area contributed by atoms with Crippen molar-refractivity contribution < 1.29 is 4.42 Å². The number of rotatable bonds is 2. The van der Waals surface area contributed by atoms with Crippen LogP contribution in [-0.2, 0) is 0 Å². The zero-order valence-electron chi connectivity index (χ0n) is 9.08. The number of benzene rings is 1. The van der Waals surface area contributed by atoms with Crippen LogP contribution in [0, 0.1) is 0 Å². The van der Waals surface area contributed by atoms with Gasteiger partial charge >= 0.3 is 0 Å². The van der Waals surface area contributed by atoms with E-state index in [0.29, 0.717) is 27.2 Å². The predicted molar refractivity (Wildman–Crippen MR) is 67.4 cm³/mol. The highest BCUT2D eigenvalue weighted by Gasteiger charge is 2.08. The molecule has 0 bridgehead atoms. The van der Waals surface area contributed by atoms with E-state index in [0.717, 1.165) is 11.8 Å². The maximum absolute atomic E-state index is 11.1. The molecule has 0 aliphatic carbocycles. The molecule has 3 aromatic rings. The lowest BCUT2D eigenvalue weighted by molar-refractivity contribution is 0.488. The second-order valence-electron chi connectivity index (χ2n) is 3.55. The van der Waals surface area contributed by atoms with E-state index in [1.54, 1.807) is 18.2 Å². The minimum Gasteiger partial charge on any atom is -0.431 e. The fraction of sp³-hybridized carbons (Fsp3) is 0. The lowest BCUT2D eigenvalue weighted by Gasteiger charge is -1.93. The molecule has 6 nitrogen and oxygen atoms in total. The Hall–Kier alpha value is -2.28. The molecule has 3 rings (SSSR count). The first kappa shape index (κ1) is 10.8. The van der Waals surface area contributed by atoms with Gasteiger partial charge in [0.15, 0.2) is 10.7 Å². The number of nitrogen functional groups attached to an aromatic ring is 1. The molecule has 0 radical (unpaired) electrons. The third kappa shape index (κ3) is 2.07. The van der Waals surface area contributed by atoms with Crippen LogP contribution in [0.15, 0.2) is 50.1 Å². The van der Waals surface area contributed by atoms with E-state index < -0.39 is 0 Å². The lowest BCUT2D eigenvalue weighted by Crippen LogP contribution is -2.04. The average molecular weight is 260 g/mol. The van der Waals surface area contributed by atoms with Crippen LogP contribution in [0.5, 0.6) is 0 Å². The van der Waals surface area contributed by atoms with Gasteiger partial charge in [-0.2, -0.15) is 0 Å². The van der Waals surface area contributed by atoms with Gasteiger partial charge < -0.3 is 15.1 Å². The summed E-state index contributed by atoms with van der Waals surface area (Å²) in [6.07, 6.45) is 1.43. The van der Waals surface area contributed by atoms with E-state index in [1.807, 2.05) is 0 Å². The van der Waals surface area contributed by atoms with Crippen LogP contribution in [0.4, 0.5) is 5.69 Å². The Balaban J connectivity index is 1.98. The highest BCUT2D eigenvalue weighted by molar-refractivity contribution is 7.98. The lowest BCUT2D eigenvalue weighted by atomic mass is 10.3. The number of aromatic amines is 1. The van der Waals surface area contributed by atoms with Gasteiger partial charge in [0.2, 0.25) is 0 Å². The van der Waals surface area contributed by atoms with Gasteiger partial charge in [-0.25, -0.2) is 9.97 Å². The van der Waals surface area contributed by atoms with Crippen molar-refractivity contribution in [2.45, 2.75) is 10.4 Å². The van der Waals surface area contributed by atoms with Crippen molar-refractivity contribution in [3.8, 4) is 0 Å². The molecule has 0 aliphatic rings. The SMILES string of the molecule is Nc1ccc2oc(Sc3nccc(=O)[nH]3)nc2c1. The third-order valence-corrected chi connectivity index (χ3v) is 2.97. The number of H-pyrrole nitrogens is 1. The molecule has 0 aliphatic heterocycles. The maximum Gasteiger partial charge on any atom is 0.264 e. The van der Waals surface area contributed by atoms with Gasteiger partial charge in [0.25, 0.3) is 10.8 Å². The number of nitrogens with one attached hydrogen (secondary N) is 1. The number of fused-ring (bicyclic) bond motifs is 1. The molecular weight excluding hydrogens is 252 g/mol. The molecule has 2 aromatic heterocycles. The smallest absolute Gasteiger partial charge is 0.264 e. The van der Waals surface area contributed by atoms with E-state index in [2.05, 4.69) is 15.0 Å². The zero-order chi connectivity index (χ0) is 12.5. The van der Waals surface area contributed by atoms with Crippen molar-refractivity contribution in [3.05, 3.63) is 40.8 Å². The Kier molecular flexibility index (Phi) is 2.52. The van der Waals surface area contributed by atoms with Crippen molar-refractivity contribution in [1.29, 1.82) is 0 Å². The van der Waals surface area contributed by atoms with Crippen LogP contribution in [0.3, 0.4) is 0 Å². The first-order valence-electron chi connectivity index (χ1n) is 5.10. The first-order valence-corrected chi connectivity index (χ1v) is 5.91. The minimum atomic E-state index is -0.215. The van der Waals surface area contributed by atoms with Crippen LogP contribution in [0.25, 0.3) is 11.1 Å². The standard InChI is InChI=1S/C11H8N4O2S/c12-6-1-2-8-7(5-6)14-11(17-8)18-10-13-4-3-9(16)15-10/h1-5H,12H2,(H,13,15,16). The Labute approximate surface area is 105 Å². The molecule has 0 fully saturated rings. The predicted octanol–water partition coefficient (Wildman–Crippen LogP) is 1.64. The molecule has 0 amide bonds. The molecule has 7 heteroatoms. The Morgan fingerprint density at radius 3 is 3.06 bits per heavy atom. The van der Waals surface area contributed by atoms with Crippen LogP contribution in [0.2, 0.25) is 0 Å². The number of nitrogens with two attached hydrogens (primary N) is 1. The molecule has 18 heavy (non-hydrogen) atoms. The van der Waals surface area contributed by atoms with Crippen molar-refractivity contribution >= 4 is 28.5 Å². The summed E-state index contributed by atoms with van der Waals surface area (Å²) in [5.74, 6) is 0. The quantitative estimate of drug-likeness (QED) is 0.537. The Morgan fingerprint density at radius 1 is 1.33 bits per heavy atom. The average Bonchev–Trinajstić information content (AvgIpc) is 2.70. The molecule has 2 heterocycles.